The van der Waals surface area contributed by atoms with Gasteiger partial charge in [0.1, 0.15) is 17.8 Å². The fourth-order valence-corrected chi connectivity index (χ4v) is 4.51. The molecule has 1 unspecified atom stereocenters. The zero-order chi connectivity index (χ0) is 16.1. The second-order valence-corrected chi connectivity index (χ2v) is 6.89. The molecule has 1 atom stereocenters. The molecule has 3 aromatic heterocycles. The van der Waals surface area contributed by atoms with Crippen molar-refractivity contribution in [3.63, 3.8) is 0 Å². The van der Waals surface area contributed by atoms with E-state index in [-0.39, 0.29) is 17.4 Å². The molecular formula is C18H18N4O2. The van der Waals surface area contributed by atoms with Crippen molar-refractivity contribution >= 4 is 11.6 Å². The number of likely N-dealkylation sites (tertiary alicyclic amines) is 1. The van der Waals surface area contributed by atoms with Crippen LogP contribution in [-0.2, 0) is 0 Å². The van der Waals surface area contributed by atoms with Gasteiger partial charge in [-0.3, -0.25) is 9.20 Å². The summed E-state index contributed by atoms with van der Waals surface area (Å²) >= 11 is 0. The summed E-state index contributed by atoms with van der Waals surface area (Å²) in [4.78, 5) is 15.1. The Labute approximate surface area is 139 Å². The highest BCUT2D eigenvalue weighted by molar-refractivity contribution is 5.94. The average Bonchev–Trinajstić information content (AvgIpc) is 3.32. The molecule has 6 nitrogen and oxygen atoms in total. The van der Waals surface area contributed by atoms with Gasteiger partial charge in [-0.05, 0) is 37.1 Å². The molecule has 1 amide bonds. The molecule has 2 fully saturated rings. The number of carbonyl (C=O) groups excluding carboxylic acids is 1. The third-order valence-corrected chi connectivity index (χ3v) is 5.60. The smallest absolute Gasteiger partial charge is 0.271 e. The summed E-state index contributed by atoms with van der Waals surface area (Å²) in [5.41, 5.74) is 1.47. The Morgan fingerprint density at radius 2 is 2.08 bits per heavy atom. The quantitative estimate of drug-likeness (QED) is 0.727. The Bertz CT molecular complexity index is 893. The average molecular weight is 322 g/mol. The highest BCUT2D eigenvalue weighted by Gasteiger charge is 2.57. The second-order valence-electron chi connectivity index (χ2n) is 6.89. The number of fused-ring (bicyclic) bond motifs is 1. The first-order chi connectivity index (χ1) is 11.8. The first-order valence-corrected chi connectivity index (χ1v) is 8.42. The van der Waals surface area contributed by atoms with E-state index in [4.69, 9.17) is 4.42 Å². The van der Waals surface area contributed by atoms with Crippen molar-refractivity contribution in [2.75, 3.05) is 6.54 Å². The lowest BCUT2D eigenvalue weighted by Gasteiger charge is -2.55. The maximum absolute atomic E-state index is 13.2. The zero-order valence-electron chi connectivity index (χ0n) is 13.3. The Morgan fingerprint density at radius 1 is 1.21 bits per heavy atom. The predicted molar refractivity (Wildman–Crippen MR) is 86.4 cm³/mol. The van der Waals surface area contributed by atoms with Crippen molar-refractivity contribution in [1.29, 1.82) is 0 Å². The molecule has 5 rings (SSSR count). The van der Waals surface area contributed by atoms with Gasteiger partial charge in [-0.15, -0.1) is 10.2 Å². The molecule has 24 heavy (non-hydrogen) atoms. The summed E-state index contributed by atoms with van der Waals surface area (Å²) < 4.78 is 7.44. The Balaban J connectivity index is 1.54. The van der Waals surface area contributed by atoms with Crippen LogP contribution in [-0.4, -0.2) is 31.9 Å². The molecule has 0 aromatic carbocycles. The van der Waals surface area contributed by atoms with Crippen molar-refractivity contribution in [3.05, 3.63) is 54.4 Å². The molecule has 0 radical (unpaired) electrons. The minimum Gasteiger partial charge on any atom is -0.467 e. The van der Waals surface area contributed by atoms with Crippen LogP contribution in [0.1, 0.15) is 48.0 Å². The number of hydrogen-bond donors (Lipinski definition) is 0. The second kappa shape index (κ2) is 4.93. The Kier molecular flexibility index (Phi) is 2.83. The molecule has 0 N–H and O–H groups in total. The minimum absolute atomic E-state index is 0.0133. The number of aromatic nitrogens is 3. The van der Waals surface area contributed by atoms with Crippen molar-refractivity contribution in [1.82, 2.24) is 19.5 Å². The first kappa shape index (κ1) is 13.8. The van der Waals surface area contributed by atoms with Gasteiger partial charge in [0.15, 0.2) is 5.65 Å². The van der Waals surface area contributed by atoms with E-state index < -0.39 is 0 Å². The van der Waals surface area contributed by atoms with E-state index >= 15 is 0 Å². The van der Waals surface area contributed by atoms with Crippen molar-refractivity contribution in [2.24, 2.45) is 5.41 Å². The minimum atomic E-state index is 0.0133. The molecule has 1 aliphatic carbocycles. The van der Waals surface area contributed by atoms with Gasteiger partial charge in [0, 0.05) is 12.0 Å². The summed E-state index contributed by atoms with van der Waals surface area (Å²) in [5, 5.41) is 7.94. The number of carbonyl (C=O) groups is 1. The highest BCUT2D eigenvalue weighted by Crippen LogP contribution is 2.58. The van der Waals surface area contributed by atoms with Crippen LogP contribution in [0.25, 0.3) is 5.65 Å². The molecule has 3 aromatic rings. The van der Waals surface area contributed by atoms with E-state index in [9.17, 15) is 4.79 Å². The van der Waals surface area contributed by atoms with Gasteiger partial charge in [-0.25, -0.2) is 0 Å². The lowest BCUT2D eigenvalue weighted by molar-refractivity contribution is -0.0608. The van der Waals surface area contributed by atoms with Gasteiger partial charge in [0.25, 0.3) is 5.91 Å². The summed E-state index contributed by atoms with van der Waals surface area (Å²) in [6.45, 7) is 0.801. The molecule has 1 saturated heterocycles. The number of hydrogen-bond acceptors (Lipinski definition) is 4. The van der Waals surface area contributed by atoms with Gasteiger partial charge < -0.3 is 9.32 Å². The fourth-order valence-electron chi connectivity index (χ4n) is 4.51. The van der Waals surface area contributed by atoms with Gasteiger partial charge in [0.05, 0.1) is 12.3 Å². The molecule has 2 aliphatic rings. The first-order valence-electron chi connectivity index (χ1n) is 8.42. The van der Waals surface area contributed by atoms with E-state index in [2.05, 4.69) is 10.2 Å². The van der Waals surface area contributed by atoms with E-state index in [1.807, 2.05) is 35.2 Å². The van der Waals surface area contributed by atoms with Crippen LogP contribution in [0.2, 0.25) is 0 Å². The lowest BCUT2D eigenvalue weighted by atomic mass is 9.69. The monoisotopic (exact) mass is 322 g/mol. The summed E-state index contributed by atoms with van der Waals surface area (Å²) in [7, 11) is 0. The van der Waals surface area contributed by atoms with Crippen molar-refractivity contribution in [3.8, 4) is 0 Å². The van der Waals surface area contributed by atoms with Crippen LogP contribution < -0.4 is 0 Å². The highest BCUT2D eigenvalue weighted by atomic mass is 16.3. The van der Waals surface area contributed by atoms with Crippen LogP contribution in [0.3, 0.4) is 0 Å². The molecule has 0 bridgehead atoms. The molecule has 1 saturated carbocycles. The van der Waals surface area contributed by atoms with Crippen LogP contribution >= 0.6 is 0 Å². The van der Waals surface area contributed by atoms with Gasteiger partial charge in [-0.2, -0.15) is 0 Å². The van der Waals surface area contributed by atoms with Crippen LogP contribution in [0.15, 0.2) is 47.3 Å². The third kappa shape index (κ3) is 1.79. The Morgan fingerprint density at radius 3 is 2.88 bits per heavy atom. The van der Waals surface area contributed by atoms with Crippen LogP contribution in [0.4, 0.5) is 0 Å². The maximum Gasteiger partial charge on any atom is 0.271 e. The standard InChI is InChI=1S/C18H18N4O2/c23-17(13-5-3-7-15-20-19-12-22(13)15)21-11-18(8-1-2-9-18)16(21)14-6-4-10-24-14/h3-7,10,12,16H,1-2,8-9,11H2. The van der Waals surface area contributed by atoms with E-state index in [1.165, 1.54) is 25.7 Å². The lowest BCUT2D eigenvalue weighted by Crippen LogP contribution is -2.59. The third-order valence-electron chi connectivity index (χ3n) is 5.60. The number of nitrogens with zero attached hydrogens (tertiary/aromatic N) is 4. The Hall–Kier alpha value is -2.63. The van der Waals surface area contributed by atoms with Crippen molar-refractivity contribution in [2.45, 2.75) is 31.7 Å². The molecule has 4 heterocycles. The molecular weight excluding hydrogens is 304 g/mol. The van der Waals surface area contributed by atoms with E-state index in [0.717, 1.165) is 12.3 Å². The number of rotatable bonds is 2. The van der Waals surface area contributed by atoms with Gasteiger partial charge >= 0.3 is 0 Å². The summed E-state index contributed by atoms with van der Waals surface area (Å²) in [6, 6.07) is 9.46. The number of pyridine rings is 1. The largest absolute Gasteiger partial charge is 0.467 e. The maximum atomic E-state index is 13.2. The van der Waals surface area contributed by atoms with Crippen LogP contribution in [0.5, 0.6) is 0 Å². The predicted octanol–water partition coefficient (Wildman–Crippen LogP) is 3.08. The van der Waals surface area contributed by atoms with E-state index in [1.54, 1.807) is 17.0 Å². The normalized spacial score (nSPS) is 22.2. The molecule has 122 valence electrons. The van der Waals surface area contributed by atoms with Crippen LogP contribution in [0, 0.1) is 5.41 Å². The number of furan rings is 1. The van der Waals surface area contributed by atoms with Crippen molar-refractivity contribution < 1.29 is 9.21 Å². The fraction of sp³-hybridized carbons (Fsp3) is 0.389. The molecule has 1 aliphatic heterocycles. The number of amides is 1. The van der Waals surface area contributed by atoms with Gasteiger partial charge in [-0.1, -0.05) is 18.9 Å². The SMILES string of the molecule is O=C(c1cccc2nncn12)N1CC2(CCCC2)C1c1ccco1. The summed E-state index contributed by atoms with van der Waals surface area (Å²) in [6.07, 6.45) is 8.09. The summed E-state index contributed by atoms with van der Waals surface area (Å²) in [5.74, 6) is 0.909. The molecule has 1 spiro atoms. The topological polar surface area (TPSA) is 63.6 Å². The zero-order valence-corrected chi connectivity index (χ0v) is 13.3. The molecule has 6 heteroatoms. The van der Waals surface area contributed by atoms with E-state index in [0.29, 0.717) is 11.3 Å². The van der Waals surface area contributed by atoms with Gasteiger partial charge in [0.2, 0.25) is 0 Å².